The van der Waals surface area contributed by atoms with Crippen LogP contribution in [-0.2, 0) is 21.1 Å². The Balaban J connectivity index is -0.000000189. The van der Waals surface area contributed by atoms with Gasteiger partial charge in [-0.1, -0.05) is 33.6 Å². The zero-order chi connectivity index (χ0) is 7.98. The smallest absolute Gasteiger partial charge is 0.358 e. The van der Waals surface area contributed by atoms with Gasteiger partial charge in [0, 0.05) is 0 Å². The van der Waals surface area contributed by atoms with Gasteiger partial charge in [0.1, 0.15) is 0 Å². The van der Waals surface area contributed by atoms with E-state index >= 15 is 0 Å². The van der Waals surface area contributed by atoms with Gasteiger partial charge >= 0.3 is 21.1 Å². The van der Waals surface area contributed by atoms with Crippen LogP contribution in [0.5, 0.6) is 0 Å². The van der Waals surface area contributed by atoms with Crippen LogP contribution in [-0.4, -0.2) is 0 Å². The molecule has 0 bridgehead atoms. The molecule has 0 spiro atoms. The van der Waals surface area contributed by atoms with Crippen LogP contribution < -0.4 is 0 Å². The third-order valence-corrected chi connectivity index (χ3v) is 1.76. The Kier molecular flexibility index (Phi) is 18.0. The minimum Gasteiger partial charge on any atom is -0.358 e. The van der Waals surface area contributed by atoms with Gasteiger partial charge in [-0.05, 0) is 0 Å². The molecule has 0 aromatic rings. The number of rotatable bonds is 2. The first-order valence-electron chi connectivity index (χ1n) is 4.62. The van der Waals surface area contributed by atoms with Crippen molar-refractivity contribution < 1.29 is 21.1 Å². The number of hydrogen-bond acceptors (Lipinski definition) is 0. The molecule has 0 aromatic carbocycles. The first-order chi connectivity index (χ1) is 4.79. The van der Waals surface area contributed by atoms with E-state index in [4.69, 9.17) is 0 Å². The molecule has 0 aliphatic heterocycles. The van der Waals surface area contributed by atoms with Gasteiger partial charge in [0.05, 0.1) is 0 Å². The summed E-state index contributed by atoms with van der Waals surface area (Å²) in [6, 6.07) is 0. The minimum absolute atomic E-state index is 0. The van der Waals surface area contributed by atoms with Crippen molar-refractivity contribution in [2.24, 2.45) is 5.92 Å². The van der Waals surface area contributed by atoms with Crippen molar-refractivity contribution in [2.45, 2.75) is 53.4 Å². The van der Waals surface area contributed by atoms with E-state index in [2.05, 4.69) is 13.8 Å². The Hall–Kier alpha value is 0.688. The topological polar surface area (TPSA) is 0 Å². The Morgan fingerprint density at radius 1 is 1.17 bits per heavy atom. The quantitative estimate of drug-likeness (QED) is 0.659. The normalized spacial score (nSPS) is 14.8. The molecule has 0 radical (unpaired) electrons. The molecule has 0 saturated heterocycles. The molecular formula is C11H24W. The monoisotopic (exact) mass is 340 g/mol. The summed E-state index contributed by atoms with van der Waals surface area (Å²) < 4.78 is 0. The molecule has 1 saturated carbocycles. The van der Waals surface area contributed by atoms with Gasteiger partial charge in [-0.25, -0.2) is 0 Å². The first-order valence-corrected chi connectivity index (χ1v) is 4.62. The molecule has 1 rings (SSSR count). The molecule has 1 aliphatic rings. The van der Waals surface area contributed by atoms with E-state index in [0.29, 0.717) is 0 Å². The summed E-state index contributed by atoms with van der Waals surface area (Å²) in [6.45, 7) is 8.59. The molecule has 12 heavy (non-hydrogen) atoms. The summed E-state index contributed by atoms with van der Waals surface area (Å²) in [4.78, 5) is 0. The average molecular weight is 340 g/mol. The van der Waals surface area contributed by atoms with Crippen molar-refractivity contribution in [3.8, 4) is 0 Å². The molecule has 1 fully saturated rings. The van der Waals surface area contributed by atoms with Gasteiger partial charge in [-0.2, -0.15) is 19.3 Å². The maximum Gasteiger partial charge on any atom is 2.00 e. The summed E-state index contributed by atoms with van der Waals surface area (Å²) >= 11 is 0. The Morgan fingerprint density at radius 3 is 1.67 bits per heavy atom. The summed E-state index contributed by atoms with van der Waals surface area (Å²) in [7, 11) is 0. The SMILES string of the molecule is CC.CC(C)C[C-]1CCC1.[CH3-].[W+2]. The second-order valence-corrected chi connectivity index (χ2v) is 3.20. The standard InChI is InChI=1S/C8H15.C2H6.CH3.W/c1-7(2)6-8-4-3-5-8;1-2;;/h7H,3-6H2,1-2H3;1-2H3;1H3;/q-1;;-1;+2. The second kappa shape index (κ2) is 11.7. The third-order valence-electron chi connectivity index (χ3n) is 1.76. The van der Waals surface area contributed by atoms with Crippen LogP contribution in [0.3, 0.4) is 0 Å². The Morgan fingerprint density at radius 2 is 1.58 bits per heavy atom. The van der Waals surface area contributed by atoms with Gasteiger partial charge in [0.25, 0.3) is 0 Å². The average Bonchev–Trinajstić information content (AvgIpc) is 1.84. The van der Waals surface area contributed by atoms with Crippen molar-refractivity contribution >= 4 is 0 Å². The van der Waals surface area contributed by atoms with E-state index in [1.165, 1.54) is 25.7 Å². The molecule has 0 N–H and O–H groups in total. The fourth-order valence-electron chi connectivity index (χ4n) is 1.21. The van der Waals surface area contributed by atoms with Crippen LogP contribution in [0, 0.1) is 19.3 Å². The van der Waals surface area contributed by atoms with Crippen molar-refractivity contribution in [1.82, 2.24) is 0 Å². The molecule has 0 atom stereocenters. The van der Waals surface area contributed by atoms with E-state index < -0.39 is 0 Å². The molecule has 0 unspecified atom stereocenters. The maximum absolute atomic E-state index is 2.30. The van der Waals surface area contributed by atoms with Gasteiger partial charge < -0.3 is 13.3 Å². The van der Waals surface area contributed by atoms with Crippen LogP contribution in [0.25, 0.3) is 0 Å². The van der Waals surface area contributed by atoms with Crippen LogP contribution >= 0.6 is 0 Å². The molecular weight excluding hydrogens is 316 g/mol. The zero-order valence-electron chi connectivity index (χ0n) is 9.31. The third kappa shape index (κ3) is 8.78. The largest absolute Gasteiger partial charge is 2.00 e. The fraction of sp³-hybridized carbons (Fsp3) is 0.818. The zero-order valence-corrected chi connectivity index (χ0v) is 12.2. The van der Waals surface area contributed by atoms with Crippen molar-refractivity contribution in [2.75, 3.05) is 0 Å². The summed E-state index contributed by atoms with van der Waals surface area (Å²) in [5, 5.41) is 0. The number of hydrogen-bond donors (Lipinski definition) is 0. The first kappa shape index (κ1) is 18.5. The fourth-order valence-corrected chi connectivity index (χ4v) is 1.21. The van der Waals surface area contributed by atoms with E-state index in [0.717, 1.165) is 5.92 Å². The Labute approximate surface area is 93.8 Å². The maximum atomic E-state index is 2.30. The van der Waals surface area contributed by atoms with E-state index in [-0.39, 0.29) is 28.5 Å². The molecule has 0 aromatic heterocycles. The van der Waals surface area contributed by atoms with Crippen LogP contribution in [0.1, 0.15) is 53.4 Å². The summed E-state index contributed by atoms with van der Waals surface area (Å²) in [5.74, 6) is 2.70. The van der Waals surface area contributed by atoms with Crippen molar-refractivity contribution in [3.05, 3.63) is 13.3 Å². The van der Waals surface area contributed by atoms with Crippen LogP contribution in [0.2, 0.25) is 0 Å². The van der Waals surface area contributed by atoms with Gasteiger partial charge in [-0.3, -0.25) is 0 Å². The predicted molar refractivity (Wildman–Crippen MR) is 54.3 cm³/mol. The Bertz CT molecular complexity index is 65.4. The van der Waals surface area contributed by atoms with Crippen molar-refractivity contribution in [1.29, 1.82) is 0 Å². The molecule has 1 aliphatic carbocycles. The molecule has 74 valence electrons. The second-order valence-electron chi connectivity index (χ2n) is 3.20. The van der Waals surface area contributed by atoms with Gasteiger partial charge in [-0.15, -0.1) is 6.42 Å². The van der Waals surface area contributed by atoms with Crippen LogP contribution in [0.15, 0.2) is 0 Å². The predicted octanol–water partition coefficient (Wildman–Crippen LogP) is 4.26. The van der Waals surface area contributed by atoms with E-state index in [1.54, 1.807) is 5.92 Å². The van der Waals surface area contributed by atoms with Crippen molar-refractivity contribution in [3.63, 3.8) is 0 Å². The van der Waals surface area contributed by atoms with Crippen LogP contribution in [0.4, 0.5) is 0 Å². The molecule has 1 heteroatoms. The van der Waals surface area contributed by atoms with Gasteiger partial charge in [0.2, 0.25) is 0 Å². The summed E-state index contributed by atoms with van der Waals surface area (Å²) in [5.41, 5.74) is 0. The molecule has 0 amide bonds. The van der Waals surface area contributed by atoms with Gasteiger partial charge in [0.15, 0.2) is 0 Å². The van der Waals surface area contributed by atoms with E-state index in [9.17, 15) is 0 Å². The summed E-state index contributed by atoms with van der Waals surface area (Å²) in [6.07, 6.45) is 5.71. The van der Waals surface area contributed by atoms with E-state index in [1.807, 2.05) is 13.8 Å². The minimum atomic E-state index is 0. The molecule has 0 nitrogen and oxygen atoms in total. The molecule has 0 heterocycles.